The minimum absolute atomic E-state index is 0.531. The lowest BCUT2D eigenvalue weighted by Crippen LogP contribution is -2.58. The van der Waals surface area contributed by atoms with Gasteiger partial charge in [-0.1, -0.05) is 0 Å². The minimum Gasteiger partial charge on any atom is -0.480 e. The fourth-order valence-corrected chi connectivity index (χ4v) is 0.990. The number of aliphatic carboxylic acids is 1. The molecule has 9 nitrogen and oxygen atoms in total. The van der Waals surface area contributed by atoms with Crippen LogP contribution in [0.2, 0.25) is 0 Å². The van der Waals surface area contributed by atoms with Crippen molar-refractivity contribution in [3.63, 3.8) is 0 Å². The van der Waals surface area contributed by atoms with Gasteiger partial charge in [0.15, 0.2) is 0 Å². The van der Waals surface area contributed by atoms with E-state index >= 15 is 0 Å². The molecule has 5 N–H and O–H groups in total. The van der Waals surface area contributed by atoms with Gasteiger partial charge < -0.3 is 26.2 Å². The fraction of sp³-hybridized carbons (Fsp3) is 0.600. The number of amides is 3. The molecular formula is C10H17N3O6. The number of carbonyl (C=O) groups is 4. The summed E-state index contributed by atoms with van der Waals surface area (Å²) in [5, 5.41) is 13.1. The van der Waals surface area contributed by atoms with Crippen LogP contribution in [-0.2, 0) is 19.1 Å². The lowest BCUT2D eigenvalue weighted by atomic mass is 10.1. The van der Waals surface area contributed by atoms with Crippen molar-refractivity contribution in [3.8, 4) is 0 Å². The monoisotopic (exact) mass is 275 g/mol. The number of hydrogen-bond donors (Lipinski definition) is 4. The zero-order chi connectivity index (χ0) is 15.2. The largest absolute Gasteiger partial charge is 0.480 e. The number of nitrogens with one attached hydrogen (secondary N) is 2. The molecule has 0 aliphatic heterocycles. The van der Waals surface area contributed by atoms with Crippen molar-refractivity contribution >= 4 is 23.9 Å². The van der Waals surface area contributed by atoms with Gasteiger partial charge >= 0.3 is 18.0 Å². The Balaban J connectivity index is 4.61. The topological polar surface area (TPSA) is 148 Å². The molecule has 0 aromatic heterocycles. The number of carboxylic acid groups (broad SMARTS) is 1. The second-order valence-electron chi connectivity index (χ2n) is 4.26. The van der Waals surface area contributed by atoms with Crippen molar-refractivity contribution in [2.24, 2.45) is 5.73 Å². The Labute approximate surface area is 109 Å². The first kappa shape index (κ1) is 16.7. The molecule has 3 amide bonds. The Morgan fingerprint density at radius 1 is 1.32 bits per heavy atom. The Hall–Kier alpha value is -2.32. The van der Waals surface area contributed by atoms with E-state index in [0.29, 0.717) is 0 Å². The summed E-state index contributed by atoms with van der Waals surface area (Å²) in [5.41, 5.74) is 3.69. The van der Waals surface area contributed by atoms with Gasteiger partial charge in [-0.2, -0.15) is 0 Å². The molecule has 0 fully saturated rings. The standard InChI is InChI=1S/C10H17N3O6/c1-10(2,8(11)17)13-9(18)12-5(7(15)16)4-6(14)19-3/h5H,4H2,1-3H3,(H2,11,17)(H,15,16)(H2,12,13,18)/t5-/m0/s1. The van der Waals surface area contributed by atoms with Crippen molar-refractivity contribution in [2.75, 3.05) is 7.11 Å². The third-order valence-corrected chi connectivity index (χ3v) is 2.24. The summed E-state index contributed by atoms with van der Waals surface area (Å²) in [6.07, 6.45) is -0.531. The molecular weight excluding hydrogens is 258 g/mol. The third-order valence-electron chi connectivity index (χ3n) is 2.24. The molecule has 0 radical (unpaired) electrons. The minimum atomic E-state index is -1.46. The molecule has 1 atom stereocenters. The third kappa shape index (κ3) is 5.70. The second-order valence-corrected chi connectivity index (χ2v) is 4.26. The Morgan fingerprint density at radius 3 is 2.21 bits per heavy atom. The molecule has 9 heteroatoms. The molecule has 0 saturated carbocycles. The van der Waals surface area contributed by atoms with Gasteiger partial charge in [0.2, 0.25) is 5.91 Å². The van der Waals surface area contributed by atoms with E-state index in [-0.39, 0.29) is 0 Å². The fourth-order valence-electron chi connectivity index (χ4n) is 0.990. The van der Waals surface area contributed by atoms with Crippen LogP contribution < -0.4 is 16.4 Å². The van der Waals surface area contributed by atoms with Gasteiger partial charge in [0.1, 0.15) is 11.6 Å². The number of carboxylic acids is 1. The summed E-state index contributed by atoms with van der Waals surface area (Å²) in [7, 11) is 1.09. The molecule has 0 aromatic carbocycles. The summed E-state index contributed by atoms with van der Waals surface area (Å²) in [4.78, 5) is 44.3. The van der Waals surface area contributed by atoms with E-state index in [2.05, 4.69) is 10.1 Å². The van der Waals surface area contributed by atoms with Crippen LogP contribution in [0.5, 0.6) is 0 Å². The van der Waals surface area contributed by atoms with Crippen LogP contribution in [-0.4, -0.2) is 47.7 Å². The Kier molecular flexibility index (Phi) is 5.77. The number of ether oxygens (including phenoxy) is 1. The summed E-state index contributed by atoms with van der Waals surface area (Å²) in [5.74, 6) is -2.98. The number of urea groups is 1. The zero-order valence-corrected chi connectivity index (χ0v) is 10.9. The maximum Gasteiger partial charge on any atom is 0.326 e. The van der Waals surface area contributed by atoms with E-state index < -0.39 is 41.9 Å². The van der Waals surface area contributed by atoms with E-state index in [9.17, 15) is 19.2 Å². The molecule has 0 aliphatic carbocycles. The van der Waals surface area contributed by atoms with Gasteiger partial charge in [-0.15, -0.1) is 0 Å². The molecule has 0 heterocycles. The van der Waals surface area contributed by atoms with Crippen LogP contribution in [0.1, 0.15) is 20.3 Å². The van der Waals surface area contributed by atoms with Crippen molar-refractivity contribution < 1.29 is 29.0 Å². The van der Waals surface area contributed by atoms with Crippen LogP contribution in [0.15, 0.2) is 0 Å². The van der Waals surface area contributed by atoms with Crippen molar-refractivity contribution in [1.82, 2.24) is 10.6 Å². The Morgan fingerprint density at radius 2 is 1.84 bits per heavy atom. The highest BCUT2D eigenvalue weighted by Gasteiger charge is 2.30. The number of esters is 1. The average molecular weight is 275 g/mol. The van der Waals surface area contributed by atoms with Crippen molar-refractivity contribution in [3.05, 3.63) is 0 Å². The smallest absolute Gasteiger partial charge is 0.326 e. The molecule has 0 unspecified atom stereocenters. The molecule has 0 aromatic rings. The molecule has 19 heavy (non-hydrogen) atoms. The highest BCUT2D eigenvalue weighted by molar-refractivity contribution is 5.91. The summed E-state index contributed by atoms with van der Waals surface area (Å²) in [6.45, 7) is 2.70. The maximum atomic E-state index is 11.5. The average Bonchev–Trinajstić information content (AvgIpc) is 2.26. The van der Waals surface area contributed by atoms with Gasteiger partial charge in [-0.3, -0.25) is 9.59 Å². The van der Waals surface area contributed by atoms with E-state index in [1.54, 1.807) is 0 Å². The van der Waals surface area contributed by atoms with Crippen LogP contribution in [0.4, 0.5) is 4.79 Å². The van der Waals surface area contributed by atoms with Crippen molar-refractivity contribution in [1.29, 1.82) is 0 Å². The van der Waals surface area contributed by atoms with E-state index in [1.807, 2.05) is 5.32 Å². The lowest BCUT2D eigenvalue weighted by Gasteiger charge is -2.23. The van der Waals surface area contributed by atoms with Crippen molar-refractivity contribution in [2.45, 2.75) is 31.8 Å². The predicted octanol–water partition coefficient (Wildman–Crippen LogP) is -1.43. The number of nitrogens with two attached hydrogens (primary N) is 1. The maximum absolute atomic E-state index is 11.5. The number of rotatable bonds is 6. The van der Waals surface area contributed by atoms with Crippen LogP contribution >= 0.6 is 0 Å². The molecule has 0 aliphatic rings. The van der Waals surface area contributed by atoms with Crippen LogP contribution in [0.3, 0.4) is 0 Å². The van der Waals surface area contributed by atoms with Crippen LogP contribution in [0.25, 0.3) is 0 Å². The van der Waals surface area contributed by atoms with Gasteiger partial charge in [0, 0.05) is 0 Å². The van der Waals surface area contributed by atoms with Gasteiger partial charge in [0.05, 0.1) is 13.5 Å². The number of hydrogen-bond acceptors (Lipinski definition) is 5. The summed E-state index contributed by atoms with van der Waals surface area (Å²) < 4.78 is 4.30. The molecule has 0 bridgehead atoms. The highest BCUT2D eigenvalue weighted by atomic mass is 16.5. The Bertz CT molecular complexity index is 393. The predicted molar refractivity (Wildman–Crippen MR) is 63.0 cm³/mol. The second kappa shape index (κ2) is 6.57. The van der Waals surface area contributed by atoms with Gasteiger partial charge in [0.25, 0.3) is 0 Å². The normalized spacial score (nSPS) is 12.2. The molecule has 0 spiro atoms. The SMILES string of the molecule is COC(=O)C[C@H](NC(=O)NC(C)(C)C(N)=O)C(=O)O. The lowest BCUT2D eigenvalue weighted by molar-refractivity contribution is -0.147. The van der Waals surface area contributed by atoms with E-state index in [0.717, 1.165) is 7.11 Å². The quantitative estimate of drug-likeness (QED) is 0.436. The van der Waals surface area contributed by atoms with Gasteiger partial charge in [-0.25, -0.2) is 9.59 Å². The summed E-state index contributed by atoms with van der Waals surface area (Å²) >= 11 is 0. The molecule has 108 valence electrons. The first-order valence-electron chi connectivity index (χ1n) is 5.28. The van der Waals surface area contributed by atoms with E-state index in [4.69, 9.17) is 10.8 Å². The summed E-state index contributed by atoms with van der Waals surface area (Å²) in [6, 6.07) is -2.39. The number of methoxy groups -OCH3 is 1. The molecule has 0 saturated heterocycles. The first-order chi connectivity index (χ1) is 8.60. The van der Waals surface area contributed by atoms with Crippen LogP contribution in [0, 0.1) is 0 Å². The van der Waals surface area contributed by atoms with Gasteiger partial charge in [-0.05, 0) is 13.8 Å². The zero-order valence-electron chi connectivity index (χ0n) is 10.9. The first-order valence-corrected chi connectivity index (χ1v) is 5.28. The molecule has 0 rings (SSSR count). The number of primary amides is 1. The highest BCUT2D eigenvalue weighted by Crippen LogP contribution is 2.01. The van der Waals surface area contributed by atoms with E-state index in [1.165, 1.54) is 13.8 Å². The number of carbonyl (C=O) groups excluding carboxylic acids is 3.